The van der Waals surface area contributed by atoms with Crippen LogP contribution in [0.2, 0.25) is 0 Å². The molecule has 0 aliphatic carbocycles. The van der Waals surface area contributed by atoms with Gasteiger partial charge in [0.1, 0.15) is 12.7 Å². The zero-order chi connectivity index (χ0) is 38.2. The standard InChI is InChI=1S/C42H76NO8P/c1-3-5-7-9-11-13-15-17-18-19-20-21-23-24-26-28-30-32-34-41(45)43-36-37-50-52(47,48)51-39-40(44)38-49-42(46)35-33-31-29-27-25-22-16-14-12-10-8-6-4-2/h8,10,13-16,18-19,40,44H,3-7,9,11-12,17,20-39H2,1-2H3,(H,43,45)(H,47,48)/b10-8-,15-13-,16-14-,19-18-. The van der Waals surface area contributed by atoms with Crippen LogP contribution in [0.15, 0.2) is 48.6 Å². The van der Waals surface area contributed by atoms with Crippen molar-refractivity contribution >= 4 is 19.7 Å². The maximum Gasteiger partial charge on any atom is 0.472 e. The van der Waals surface area contributed by atoms with Gasteiger partial charge in [-0.1, -0.05) is 140 Å². The van der Waals surface area contributed by atoms with Gasteiger partial charge in [-0.15, -0.1) is 0 Å². The highest BCUT2D eigenvalue weighted by atomic mass is 31.2. The second-order valence-electron chi connectivity index (χ2n) is 13.6. The van der Waals surface area contributed by atoms with Crippen LogP contribution in [0.5, 0.6) is 0 Å². The number of carbonyl (C=O) groups excluding carboxylic acids is 2. The minimum absolute atomic E-state index is 0.0742. The number of hydrogen-bond donors (Lipinski definition) is 3. The summed E-state index contributed by atoms with van der Waals surface area (Å²) in [7, 11) is -4.42. The van der Waals surface area contributed by atoms with Gasteiger partial charge in [-0.3, -0.25) is 18.6 Å². The monoisotopic (exact) mass is 754 g/mol. The molecule has 3 N–H and O–H groups in total. The van der Waals surface area contributed by atoms with E-state index in [2.05, 4.69) is 67.8 Å². The summed E-state index contributed by atoms with van der Waals surface area (Å²) in [5.41, 5.74) is 0. The van der Waals surface area contributed by atoms with Gasteiger partial charge in [0.15, 0.2) is 0 Å². The quantitative estimate of drug-likeness (QED) is 0.0246. The highest BCUT2D eigenvalue weighted by Gasteiger charge is 2.23. The molecule has 0 radical (unpaired) electrons. The Morgan fingerprint density at radius 2 is 1.08 bits per heavy atom. The Kier molecular flexibility index (Phi) is 37.2. The van der Waals surface area contributed by atoms with Gasteiger partial charge >= 0.3 is 13.8 Å². The number of phosphoric ester groups is 1. The van der Waals surface area contributed by atoms with Crippen molar-refractivity contribution in [1.29, 1.82) is 0 Å². The van der Waals surface area contributed by atoms with Gasteiger partial charge in [0.2, 0.25) is 5.91 Å². The SMILES string of the molecule is CCC/C=C\C/C=C\CCCCCCCC(=O)OCC(O)COP(=O)(O)OCCNC(=O)CCCCCCCCC/C=C\C/C=C\CCCCCC. The van der Waals surface area contributed by atoms with Crippen molar-refractivity contribution in [3.8, 4) is 0 Å². The van der Waals surface area contributed by atoms with E-state index in [0.717, 1.165) is 83.5 Å². The number of amides is 1. The topological polar surface area (TPSA) is 131 Å². The molecular weight excluding hydrogens is 677 g/mol. The number of hydrogen-bond acceptors (Lipinski definition) is 7. The number of aliphatic hydroxyl groups is 1. The third-order valence-corrected chi connectivity index (χ3v) is 9.45. The first kappa shape index (κ1) is 50.0. The summed E-state index contributed by atoms with van der Waals surface area (Å²) in [6.45, 7) is 3.43. The summed E-state index contributed by atoms with van der Waals surface area (Å²) in [6, 6.07) is 0. The second-order valence-corrected chi connectivity index (χ2v) is 15.1. The molecular formula is C42H76NO8P. The van der Waals surface area contributed by atoms with Crippen molar-refractivity contribution in [2.75, 3.05) is 26.4 Å². The maximum absolute atomic E-state index is 12.1. The highest BCUT2D eigenvalue weighted by Crippen LogP contribution is 2.42. The van der Waals surface area contributed by atoms with E-state index in [9.17, 15) is 24.2 Å². The van der Waals surface area contributed by atoms with Crippen LogP contribution in [0.3, 0.4) is 0 Å². The van der Waals surface area contributed by atoms with E-state index in [-0.39, 0.29) is 32.1 Å². The number of carbonyl (C=O) groups is 2. The number of nitrogens with one attached hydrogen (secondary N) is 1. The van der Waals surface area contributed by atoms with Crippen molar-refractivity contribution in [2.24, 2.45) is 0 Å². The molecule has 0 saturated heterocycles. The zero-order valence-corrected chi connectivity index (χ0v) is 33.9. The van der Waals surface area contributed by atoms with E-state index in [1.807, 2.05) is 0 Å². The molecule has 0 aromatic rings. The third kappa shape index (κ3) is 39.2. The summed E-state index contributed by atoms with van der Waals surface area (Å²) in [4.78, 5) is 33.8. The lowest BCUT2D eigenvalue weighted by Gasteiger charge is -2.15. The van der Waals surface area contributed by atoms with Crippen molar-refractivity contribution in [3.05, 3.63) is 48.6 Å². The van der Waals surface area contributed by atoms with Crippen molar-refractivity contribution in [2.45, 2.75) is 180 Å². The van der Waals surface area contributed by atoms with E-state index in [1.54, 1.807) is 0 Å². The van der Waals surface area contributed by atoms with Gasteiger partial charge in [-0.05, 0) is 70.6 Å². The molecule has 0 fully saturated rings. The minimum atomic E-state index is -4.42. The lowest BCUT2D eigenvalue weighted by atomic mass is 10.1. The fraction of sp³-hybridized carbons (Fsp3) is 0.762. The number of rotatable bonds is 38. The van der Waals surface area contributed by atoms with Gasteiger partial charge < -0.3 is 20.1 Å². The first-order valence-corrected chi connectivity index (χ1v) is 22.1. The smallest absolute Gasteiger partial charge is 0.463 e. The molecule has 9 nitrogen and oxygen atoms in total. The minimum Gasteiger partial charge on any atom is -0.463 e. The van der Waals surface area contributed by atoms with Crippen LogP contribution in [0.25, 0.3) is 0 Å². The van der Waals surface area contributed by atoms with E-state index >= 15 is 0 Å². The predicted molar refractivity (Wildman–Crippen MR) is 215 cm³/mol. The molecule has 0 rings (SSSR count). The molecule has 0 aliphatic heterocycles. The molecule has 0 heterocycles. The van der Waals surface area contributed by atoms with Crippen molar-refractivity contribution < 1.29 is 37.9 Å². The summed E-state index contributed by atoms with van der Waals surface area (Å²) < 4.78 is 26.8. The van der Waals surface area contributed by atoms with Crippen LogP contribution in [-0.4, -0.2) is 54.3 Å². The molecule has 0 spiro atoms. The summed E-state index contributed by atoms with van der Waals surface area (Å²) in [6.07, 6.45) is 43.2. The average molecular weight is 754 g/mol. The van der Waals surface area contributed by atoms with E-state index < -0.39 is 26.5 Å². The van der Waals surface area contributed by atoms with Crippen molar-refractivity contribution in [1.82, 2.24) is 5.32 Å². The van der Waals surface area contributed by atoms with Gasteiger partial charge in [0, 0.05) is 19.4 Å². The number of phosphoric acid groups is 1. The number of allylic oxidation sites excluding steroid dienone is 8. The number of aliphatic hydroxyl groups excluding tert-OH is 1. The number of esters is 1. The van der Waals surface area contributed by atoms with Crippen LogP contribution < -0.4 is 5.32 Å². The summed E-state index contributed by atoms with van der Waals surface area (Å²) >= 11 is 0. The number of unbranched alkanes of at least 4 members (excludes halogenated alkanes) is 17. The Hall–Kier alpha value is -2.03. The van der Waals surface area contributed by atoms with E-state index in [1.165, 1.54) is 64.2 Å². The van der Waals surface area contributed by atoms with Gasteiger partial charge in [0.25, 0.3) is 0 Å². The third-order valence-electron chi connectivity index (χ3n) is 8.46. The lowest BCUT2D eigenvalue weighted by Crippen LogP contribution is -2.27. The second kappa shape index (κ2) is 38.7. The number of ether oxygens (including phenoxy) is 1. The van der Waals surface area contributed by atoms with Crippen LogP contribution in [0, 0.1) is 0 Å². The van der Waals surface area contributed by atoms with Crippen LogP contribution in [-0.2, 0) is 27.9 Å². The first-order valence-electron chi connectivity index (χ1n) is 20.6. The van der Waals surface area contributed by atoms with E-state index in [0.29, 0.717) is 6.42 Å². The van der Waals surface area contributed by atoms with Crippen molar-refractivity contribution in [3.63, 3.8) is 0 Å². The highest BCUT2D eigenvalue weighted by molar-refractivity contribution is 7.47. The molecule has 2 unspecified atom stereocenters. The zero-order valence-electron chi connectivity index (χ0n) is 33.0. The summed E-state index contributed by atoms with van der Waals surface area (Å²) in [5.74, 6) is -0.541. The average Bonchev–Trinajstić information content (AvgIpc) is 3.13. The van der Waals surface area contributed by atoms with Crippen LogP contribution in [0.1, 0.15) is 174 Å². The normalized spacial score (nSPS) is 13.8. The van der Waals surface area contributed by atoms with Crippen LogP contribution in [0.4, 0.5) is 0 Å². The molecule has 10 heteroatoms. The molecule has 0 saturated carbocycles. The fourth-order valence-corrected chi connectivity index (χ4v) is 6.09. The van der Waals surface area contributed by atoms with Crippen LogP contribution >= 0.6 is 7.82 Å². The molecule has 2 atom stereocenters. The maximum atomic E-state index is 12.1. The predicted octanol–water partition coefficient (Wildman–Crippen LogP) is 11.2. The lowest BCUT2D eigenvalue weighted by molar-refractivity contribution is -0.147. The Morgan fingerprint density at radius 3 is 1.62 bits per heavy atom. The first-order chi connectivity index (χ1) is 25.3. The Balaban J connectivity index is 3.64. The Bertz CT molecular complexity index is 996. The van der Waals surface area contributed by atoms with Gasteiger partial charge in [-0.25, -0.2) is 4.57 Å². The van der Waals surface area contributed by atoms with Gasteiger partial charge in [0.05, 0.1) is 13.2 Å². The fourth-order valence-electron chi connectivity index (χ4n) is 5.33. The Labute approximate surface area is 317 Å². The molecule has 0 aromatic heterocycles. The van der Waals surface area contributed by atoms with Gasteiger partial charge in [-0.2, -0.15) is 0 Å². The molecule has 0 aromatic carbocycles. The summed E-state index contributed by atoms with van der Waals surface area (Å²) in [5, 5.41) is 12.7. The largest absolute Gasteiger partial charge is 0.472 e. The molecule has 0 aliphatic rings. The van der Waals surface area contributed by atoms with E-state index in [4.69, 9.17) is 13.8 Å². The molecule has 1 amide bonds. The Morgan fingerprint density at radius 1 is 0.596 bits per heavy atom. The molecule has 52 heavy (non-hydrogen) atoms. The molecule has 0 bridgehead atoms. The molecule has 302 valence electrons.